The summed E-state index contributed by atoms with van der Waals surface area (Å²) in [5, 5.41) is 13.3. The third-order valence-corrected chi connectivity index (χ3v) is 5.03. The lowest BCUT2D eigenvalue weighted by molar-refractivity contribution is -0.490. The number of benzene rings is 1. The van der Waals surface area contributed by atoms with Crippen molar-refractivity contribution in [3.05, 3.63) is 39.2 Å². The van der Waals surface area contributed by atoms with E-state index in [0.717, 1.165) is 6.07 Å². The molecule has 152 valence electrons. The van der Waals surface area contributed by atoms with E-state index in [1.165, 1.54) is 19.1 Å². The molecule has 2 rings (SSSR count). The van der Waals surface area contributed by atoms with Gasteiger partial charge < -0.3 is 10.1 Å². The van der Waals surface area contributed by atoms with Gasteiger partial charge in [0.1, 0.15) is 11.6 Å². The van der Waals surface area contributed by atoms with Gasteiger partial charge in [-0.15, -0.1) is 0 Å². The smallest absolute Gasteiger partial charge is 0.307 e. The molecule has 1 aromatic carbocycles. The van der Waals surface area contributed by atoms with Gasteiger partial charge in [0, 0.05) is 28.2 Å². The predicted octanol–water partition coefficient (Wildman–Crippen LogP) is 2.86. The van der Waals surface area contributed by atoms with Gasteiger partial charge in [0.15, 0.2) is 6.10 Å². The number of carbonyl (C=O) groups is 3. The number of esters is 1. The second-order valence-corrected chi connectivity index (χ2v) is 7.32. The molecule has 0 aliphatic heterocycles. The van der Waals surface area contributed by atoms with Crippen LogP contribution in [0.25, 0.3) is 0 Å². The molecule has 0 radical (unpaired) electrons. The SMILES string of the molecule is C[C@H](OC(=O)C[C@H]1C(=O)C[C@@H](C)[C@H]1C[N+](=O)[O-])C(=O)Nc1ccc(Cl)cc1F. The molecule has 0 bridgehead atoms. The summed E-state index contributed by atoms with van der Waals surface area (Å²) in [6, 6.07) is 3.68. The first kappa shape index (κ1) is 21.7. The minimum Gasteiger partial charge on any atom is -0.453 e. The zero-order valence-corrected chi connectivity index (χ0v) is 16.1. The number of ketones is 1. The van der Waals surface area contributed by atoms with E-state index < -0.39 is 47.1 Å². The van der Waals surface area contributed by atoms with Gasteiger partial charge in [-0.1, -0.05) is 18.5 Å². The monoisotopic (exact) mass is 414 g/mol. The molecule has 0 aromatic heterocycles. The van der Waals surface area contributed by atoms with Gasteiger partial charge in [0.2, 0.25) is 6.54 Å². The maximum absolute atomic E-state index is 13.7. The molecule has 0 heterocycles. The molecule has 1 aliphatic rings. The van der Waals surface area contributed by atoms with Gasteiger partial charge >= 0.3 is 5.97 Å². The van der Waals surface area contributed by atoms with E-state index >= 15 is 0 Å². The van der Waals surface area contributed by atoms with Crippen molar-refractivity contribution >= 4 is 34.9 Å². The van der Waals surface area contributed by atoms with Crippen LogP contribution < -0.4 is 5.32 Å². The zero-order chi connectivity index (χ0) is 21.0. The Morgan fingerprint density at radius 2 is 2.14 bits per heavy atom. The molecule has 1 N–H and O–H groups in total. The summed E-state index contributed by atoms with van der Waals surface area (Å²) in [6.07, 6.45) is -1.41. The third-order valence-electron chi connectivity index (χ3n) is 4.80. The van der Waals surface area contributed by atoms with Crippen molar-refractivity contribution in [2.24, 2.45) is 17.8 Å². The van der Waals surface area contributed by atoms with Gasteiger partial charge in [-0.05, 0) is 31.0 Å². The number of hydrogen-bond donors (Lipinski definition) is 1. The number of ether oxygens (including phenoxy) is 1. The molecule has 0 saturated heterocycles. The first-order chi connectivity index (χ1) is 13.1. The maximum atomic E-state index is 13.7. The van der Waals surface area contributed by atoms with E-state index in [1.54, 1.807) is 6.92 Å². The zero-order valence-electron chi connectivity index (χ0n) is 15.3. The van der Waals surface area contributed by atoms with Crippen LogP contribution in [0.3, 0.4) is 0 Å². The molecule has 1 saturated carbocycles. The Labute approximate surface area is 165 Å². The van der Waals surface area contributed by atoms with Crippen LogP contribution in [-0.4, -0.2) is 35.2 Å². The summed E-state index contributed by atoms with van der Waals surface area (Å²) >= 11 is 5.64. The molecule has 0 unspecified atom stereocenters. The van der Waals surface area contributed by atoms with Crippen molar-refractivity contribution < 1.29 is 28.4 Å². The highest BCUT2D eigenvalue weighted by Crippen LogP contribution is 2.36. The Morgan fingerprint density at radius 1 is 1.46 bits per heavy atom. The van der Waals surface area contributed by atoms with Gasteiger partial charge in [-0.3, -0.25) is 24.5 Å². The fraction of sp³-hybridized carbons (Fsp3) is 0.500. The van der Waals surface area contributed by atoms with Crippen molar-refractivity contribution in [1.29, 1.82) is 0 Å². The molecule has 1 fully saturated rings. The number of rotatable bonds is 7. The van der Waals surface area contributed by atoms with Gasteiger partial charge in [-0.2, -0.15) is 0 Å². The average Bonchev–Trinajstić information content (AvgIpc) is 2.83. The topological polar surface area (TPSA) is 116 Å². The van der Waals surface area contributed by atoms with Gasteiger partial charge in [-0.25, -0.2) is 4.39 Å². The van der Waals surface area contributed by atoms with Crippen molar-refractivity contribution in [1.82, 2.24) is 0 Å². The Balaban J connectivity index is 1.94. The van der Waals surface area contributed by atoms with Crippen LogP contribution in [0.5, 0.6) is 0 Å². The Bertz CT molecular complexity index is 802. The van der Waals surface area contributed by atoms with Crippen LogP contribution in [-0.2, 0) is 19.1 Å². The van der Waals surface area contributed by atoms with Crippen LogP contribution in [0.4, 0.5) is 10.1 Å². The van der Waals surface area contributed by atoms with E-state index in [9.17, 15) is 28.9 Å². The molecule has 28 heavy (non-hydrogen) atoms. The Kier molecular flexibility index (Phi) is 7.06. The summed E-state index contributed by atoms with van der Waals surface area (Å²) in [6.45, 7) is 2.62. The second kappa shape index (κ2) is 9.09. The molecule has 1 aromatic rings. The number of hydrogen-bond acceptors (Lipinski definition) is 6. The van der Waals surface area contributed by atoms with Crippen molar-refractivity contribution in [3.8, 4) is 0 Å². The Morgan fingerprint density at radius 3 is 2.75 bits per heavy atom. The number of amides is 1. The first-order valence-electron chi connectivity index (χ1n) is 8.68. The Hall–Kier alpha value is -2.55. The maximum Gasteiger partial charge on any atom is 0.307 e. The quantitative estimate of drug-likeness (QED) is 0.416. The van der Waals surface area contributed by atoms with Gasteiger partial charge in [0.25, 0.3) is 5.91 Å². The molecule has 1 amide bonds. The number of Topliss-reactive ketones (excluding diaryl/α,β-unsaturated/α-hetero) is 1. The van der Waals surface area contributed by atoms with Crippen molar-refractivity contribution in [3.63, 3.8) is 0 Å². The molecular formula is C18H20ClFN2O6. The highest BCUT2D eigenvalue weighted by atomic mass is 35.5. The molecule has 8 nitrogen and oxygen atoms in total. The van der Waals surface area contributed by atoms with Crippen LogP contribution in [0, 0.1) is 33.7 Å². The van der Waals surface area contributed by atoms with Crippen LogP contribution in [0.15, 0.2) is 18.2 Å². The number of carbonyl (C=O) groups excluding carboxylic acids is 3. The highest BCUT2D eigenvalue weighted by Gasteiger charge is 2.44. The van der Waals surface area contributed by atoms with E-state index in [1.807, 2.05) is 0 Å². The summed E-state index contributed by atoms with van der Waals surface area (Å²) in [5.41, 5.74) is -0.122. The van der Waals surface area contributed by atoms with Crippen LogP contribution in [0.2, 0.25) is 5.02 Å². The standard InChI is InChI=1S/C18H20ClFN2O6/c1-9-5-16(23)12(13(9)8-22(26)27)7-17(24)28-10(2)18(25)21-15-4-3-11(19)6-14(15)20/h3-4,6,9-10,12-13H,5,7-8H2,1-2H3,(H,21,25)/t9-,10+,12-,13-/m1/s1. The highest BCUT2D eigenvalue weighted by molar-refractivity contribution is 6.30. The lowest BCUT2D eigenvalue weighted by atomic mass is 9.88. The average molecular weight is 415 g/mol. The van der Waals surface area contributed by atoms with Gasteiger partial charge in [0.05, 0.1) is 12.1 Å². The predicted molar refractivity (Wildman–Crippen MR) is 97.8 cm³/mol. The minimum atomic E-state index is -1.24. The normalized spacial score (nSPS) is 22.6. The van der Waals surface area contributed by atoms with Crippen molar-refractivity contribution in [2.45, 2.75) is 32.8 Å². The molecule has 4 atom stereocenters. The molecular weight excluding hydrogens is 395 g/mol. The second-order valence-electron chi connectivity index (χ2n) is 6.88. The van der Waals surface area contributed by atoms with Crippen LogP contribution in [0.1, 0.15) is 26.7 Å². The number of nitrogens with zero attached hydrogens (tertiary/aromatic N) is 1. The van der Waals surface area contributed by atoms with Crippen LogP contribution >= 0.6 is 11.6 Å². The number of halogens is 2. The summed E-state index contributed by atoms with van der Waals surface area (Å²) in [7, 11) is 0. The lowest BCUT2D eigenvalue weighted by Crippen LogP contribution is -2.32. The fourth-order valence-corrected chi connectivity index (χ4v) is 3.46. The third kappa shape index (κ3) is 5.48. The van der Waals surface area contributed by atoms with Crippen molar-refractivity contribution in [2.75, 3.05) is 11.9 Å². The number of nitro groups is 1. The van der Waals surface area contributed by atoms with E-state index in [2.05, 4.69) is 5.32 Å². The largest absolute Gasteiger partial charge is 0.453 e. The number of anilines is 1. The van der Waals surface area contributed by atoms with E-state index in [0.29, 0.717) is 0 Å². The van der Waals surface area contributed by atoms with E-state index in [-0.39, 0.29) is 35.3 Å². The minimum absolute atomic E-state index is 0.122. The first-order valence-corrected chi connectivity index (χ1v) is 9.06. The molecule has 1 aliphatic carbocycles. The molecule has 10 heteroatoms. The van der Waals surface area contributed by atoms with E-state index in [4.69, 9.17) is 16.3 Å². The lowest BCUT2D eigenvalue weighted by Gasteiger charge is -2.18. The molecule has 0 spiro atoms. The summed E-state index contributed by atoms with van der Waals surface area (Å²) in [5.74, 6) is -4.12. The summed E-state index contributed by atoms with van der Waals surface area (Å²) in [4.78, 5) is 46.6. The number of nitrogens with one attached hydrogen (secondary N) is 1. The summed E-state index contributed by atoms with van der Waals surface area (Å²) < 4.78 is 18.8. The fourth-order valence-electron chi connectivity index (χ4n) is 3.30.